The van der Waals surface area contributed by atoms with Crippen molar-refractivity contribution in [2.24, 2.45) is 0 Å². The van der Waals surface area contributed by atoms with Crippen molar-refractivity contribution in [1.82, 2.24) is 0 Å². The molecule has 1 heterocycles. The monoisotopic (exact) mass is 460 g/mol. The second kappa shape index (κ2) is 8.25. The summed E-state index contributed by atoms with van der Waals surface area (Å²) in [5.41, 5.74) is -4.49. The third-order valence-corrected chi connectivity index (χ3v) is 15.4. The molecule has 1 aliphatic rings. The van der Waals surface area contributed by atoms with Gasteiger partial charge in [-0.15, -0.1) is 0 Å². The molecule has 1 saturated heterocycles. The normalized spacial score (nSPS) is 24.8. The second-order valence-electron chi connectivity index (χ2n) is 8.35. The molecule has 3 nitrogen and oxygen atoms in total. The molecule has 2 atom stereocenters. The molecule has 0 amide bonds. The average molecular weight is 460 g/mol. The van der Waals surface area contributed by atoms with E-state index in [9.17, 15) is 21.6 Å². The Labute approximate surface area is 176 Å². The van der Waals surface area contributed by atoms with Crippen LogP contribution in [0.2, 0.25) is 0 Å². The Balaban J connectivity index is 2.26. The van der Waals surface area contributed by atoms with Crippen LogP contribution in [0.3, 0.4) is 0 Å². The number of benzene rings is 2. The maximum absolute atomic E-state index is 13.5. The summed E-state index contributed by atoms with van der Waals surface area (Å²) < 4.78 is 70.9. The Kier molecular flexibility index (Phi) is 6.39. The number of hydrogen-bond acceptors (Lipinski definition) is 3. The zero-order chi connectivity index (χ0) is 22.1. The van der Waals surface area contributed by atoms with Gasteiger partial charge in [-0.3, -0.25) is 0 Å². The summed E-state index contributed by atoms with van der Waals surface area (Å²) in [4.78, 5) is 0. The summed E-state index contributed by atoms with van der Waals surface area (Å²) in [6.45, 7) is -0.283. The van der Waals surface area contributed by atoms with Crippen LogP contribution in [0.4, 0.5) is 13.2 Å². The van der Waals surface area contributed by atoms with E-state index in [0.717, 1.165) is 17.5 Å². The predicted octanol–water partition coefficient (Wildman–Crippen LogP) is 7.03. The van der Waals surface area contributed by atoms with Crippen LogP contribution < -0.4 is 0 Å². The van der Waals surface area contributed by atoms with Crippen LogP contribution in [0.15, 0.2) is 60.7 Å². The molecule has 30 heavy (non-hydrogen) atoms. The van der Waals surface area contributed by atoms with Crippen LogP contribution in [0.1, 0.15) is 55.1 Å². The molecular formula is C22H28F3O3PS. The van der Waals surface area contributed by atoms with Gasteiger partial charge in [-0.2, -0.15) is 0 Å². The van der Waals surface area contributed by atoms with Crippen molar-refractivity contribution in [1.29, 1.82) is 0 Å². The fourth-order valence-electron chi connectivity index (χ4n) is 5.05. The Morgan fingerprint density at radius 1 is 0.933 bits per heavy atom. The van der Waals surface area contributed by atoms with Crippen LogP contribution in [-0.4, -0.2) is 26.8 Å². The fourth-order valence-corrected chi connectivity index (χ4v) is 14.6. The fraction of sp³-hybridized carbons (Fsp3) is 0.455. The summed E-state index contributed by atoms with van der Waals surface area (Å²) in [6.07, 6.45) is 2.86. The van der Waals surface area contributed by atoms with Gasteiger partial charge in [0.05, 0.1) is 0 Å². The SMILES string of the molecule is CCCCP1(C)(OS(=O)(=O)C(F)(F)F)[C@@H](c2ccccc2)CC[C@@H]1c1ccccc1. The van der Waals surface area contributed by atoms with Gasteiger partial charge in [0.25, 0.3) is 0 Å². The van der Waals surface area contributed by atoms with Gasteiger partial charge in [0.1, 0.15) is 0 Å². The molecule has 0 aromatic heterocycles. The van der Waals surface area contributed by atoms with Crippen molar-refractivity contribution in [3.63, 3.8) is 0 Å². The molecule has 0 bridgehead atoms. The minimum absolute atomic E-state index is 0.330. The molecule has 0 spiro atoms. The molecule has 0 N–H and O–H groups in total. The van der Waals surface area contributed by atoms with E-state index in [0.29, 0.717) is 25.4 Å². The third-order valence-electron chi connectivity index (χ3n) is 6.44. The topological polar surface area (TPSA) is 43.4 Å². The van der Waals surface area contributed by atoms with E-state index in [1.165, 1.54) is 0 Å². The first-order valence-corrected chi connectivity index (χ1v) is 14.5. The average Bonchev–Trinajstić information content (AvgIpc) is 3.00. The Morgan fingerprint density at radius 3 is 1.73 bits per heavy atom. The van der Waals surface area contributed by atoms with Crippen LogP contribution in [-0.2, 0) is 14.1 Å². The quantitative estimate of drug-likeness (QED) is 0.329. The number of alkyl halides is 3. The second-order valence-corrected chi connectivity index (χ2v) is 15.8. The van der Waals surface area contributed by atoms with Gasteiger partial charge < -0.3 is 0 Å². The van der Waals surface area contributed by atoms with Gasteiger partial charge in [-0.1, -0.05) is 0 Å². The molecule has 0 aliphatic carbocycles. The molecule has 0 radical (unpaired) electrons. The van der Waals surface area contributed by atoms with Crippen LogP contribution >= 0.6 is 6.83 Å². The van der Waals surface area contributed by atoms with E-state index in [1.54, 1.807) is 6.66 Å². The number of halogens is 3. The number of rotatable bonds is 7. The molecule has 3 rings (SSSR count). The number of hydrogen-bond donors (Lipinski definition) is 0. The van der Waals surface area contributed by atoms with E-state index in [4.69, 9.17) is 3.97 Å². The summed E-state index contributed by atoms with van der Waals surface area (Å²) in [6, 6.07) is 18.5. The van der Waals surface area contributed by atoms with E-state index >= 15 is 0 Å². The van der Waals surface area contributed by atoms with Crippen molar-refractivity contribution < 1.29 is 25.6 Å². The molecule has 1 aliphatic heterocycles. The molecular weight excluding hydrogens is 432 g/mol. The van der Waals surface area contributed by atoms with Crippen LogP contribution in [0.25, 0.3) is 0 Å². The van der Waals surface area contributed by atoms with Crippen molar-refractivity contribution in [3.05, 3.63) is 71.8 Å². The van der Waals surface area contributed by atoms with Gasteiger partial charge >= 0.3 is 177 Å². The summed E-state index contributed by atoms with van der Waals surface area (Å²) in [7, 11) is -5.75. The van der Waals surface area contributed by atoms with Gasteiger partial charge in [0, 0.05) is 0 Å². The first-order chi connectivity index (χ1) is 14.0. The standard InChI is InChI=1S/C22H28F3O3PS/c1-3-4-17-29(2,28-30(26,27)22(23,24)25)20(18-11-7-5-8-12-18)15-16-21(29)19-13-9-6-10-14-19/h5-14,20-21H,3-4,15-17H2,1-2H3/t20-,21-/m1/s1. The van der Waals surface area contributed by atoms with Crippen LogP contribution in [0, 0.1) is 0 Å². The molecule has 2 aromatic rings. The Hall–Kier alpha value is -1.43. The maximum atomic E-state index is 13.5. The molecule has 0 unspecified atom stereocenters. The van der Waals surface area contributed by atoms with Crippen LogP contribution in [0.5, 0.6) is 0 Å². The Morgan fingerprint density at radius 2 is 1.37 bits per heavy atom. The molecule has 1 fully saturated rings. The van der Waals surface area contributed by atoms with E-state index in [-0.39, 0.29) is 11.3 Å². The summed E-state index contributed by atoms with van der Waals surface area (Å²) in [5.74, 6) is 0. The van der Waals surface area contributed by atoms with Crippen molar-refractivity contribution in [2.45, 2.75) is 49.4 Å². The Bertz CT molecular complexity index is 915. The zero-order valence-corrected chi connectivity index (χ0v) is 18.9. The van der Waals surface area contributed by atoms with Gasteiger partial charge in [-0.05, 0) is 0 Å². The predicted molar refractivity (Wildman–Crippen MR) is 116 cm³/mol. The third kappa shape index (κ3) is 4.04. The number of unbranched alkanes of at least 4 members (excludes halogenated alkanes) is 1. The van der Waals surface area contributed by atoms with E-state index in [1.807, 2.05) is 67.6 Å². The molecule has 166 valence electrons. The van der Waals surface area contributed by atoms with E-state index < -0.39 is 22.5 Å². The minimum atomic E-state index is -5.75. The molecule has 0 saturated carbocycles. The van der Waals surface area contributed by atoms with Gasteiger partial charge in [0.15, 0.2) is 0 Å². The van der Waals surface area contributed by atoms with Crippen molar-refractivity contribution >= 4 is 16.9 Å². The molecule has 2 aromatic carbocycles. The summed E-state index contributed by atoms with van der Waals surface area (Å²) >= 11 is 0. The van der Waals surface area contributed by atoms with Gasteiger partial charge in [-0.25, -0.2) is 0 Å². The zero-order valence-electron chi connectivity index (χ0n) is 17.2. The molecule has 8 heteroatoms. The summed E-state index contributed by atoms with van der Waals surface area (Å²) in [5, 5.41) is 0. The van der Waals surface area contributed by atoms with Gasteiger partial charge in [0.2, 0.25) is 0 Å². The first kappa shape index (κ1) is 23.2. The van der Waals surface area contributed by atoms with E-state index in [2.05, 4.69) is 0 Å². The first-order valence-electron chi connectivity index (χ1n) is 10.2. The van der Waals surface area contributed by atoms with Crippen molar-refractivity contribution in [3.8, 4) is 0 Å². The van der Waals surface area contributed by atoms with Crippen molar-refractivity contribution in [2.75, 3.05) is 12.8 Å².